The van der Waals surface area contributed by atoms with Gasteiger partial charge in [-0.25, -0.2) is 8.42 Å². The third kappa shape index (κ3) is 4.28. The number of benzene rings is 1. The van der Waals surface area contributed by atoms with Gasteiger partial charge < -0.3 is 15.3 Å². The molecule has 0 radical (unpaired) electrons. The minimum absolute atomic E-state index is 0.117. The first-order valence-electron chi connectivity index (χ1n) is 11.6. The average molecular weight is 473 g/mol. The van der Waals surface area contributed by atoms with E-state index >= 15 is 0 Å². The number of carbonyl (C=O) groups is 1. The Morgan fingerprint density at radius 3 is 2.42 bits per heavy atom. The fourth-order valence-electron chi connectivity index (χ4n) is 6.56. The minimum atomic E-state index is -3.22. The second-order valence-corrected chi connectivity index (χ2v) is 12.5. The quantitative estimate of drug-likeness (QED) is 0.668. The molecule has 4 aliphatic carbocycles. The molecule has 1 aromatic carbocycles. The molecule has 6 rings (SSSR count). The molecule has 2 unspecified atom stereocenters. The van der Waals surface area contributed by atoms with Crippen LogP contribution >= 0.6 is 0 Å². The molecule has 4 saturated carbocycles. The Bertz CT molecular complexity index is 1160. The number of hydrogen-bond donors (Lipinski definition) is 2. The van der Waals surface area contributed by atoms with Gasteiger partial charge in [0.05, 0.1) is 10.5 Å². The molecular formula is C24H32N4O4S. The van der Waals surface area contributed by atoms with Gasteiger partial charge in [-0.2, -0.15) is 5.10 Å². The van der Waals surface area contributed by atoms with Crippen LogP contribution in [0.15, 0.2) is 35.2 Å². The second-order valence-electron chi connectivity index (χ2n) is 10.5. The smallest absolute Gasteiger partial charge is 0.272 e. The number of sulfone groups is 1. The van der Waals surface area contributed by atoms with E-state index in [2.05, 4.69) is 10.4 Å². The molecule has 1 amide bonds. The van der Waals surface area contributed by atoms with Crippen molar-refractivity contribution in [2.45, 2.75) is 55.2 Å². The highest BCUT2D eigenvalue weighted by Crippen LogP contribution is 2.55. The van der Waals surface area contributed by atoms with E-state index in [0.29, 0.717) is 34.9 Å². The summed E-state index contributed by atoms with van der Waals surface area (Å²) in [6.45, 7) is 0.553. The van der Waals surface area contributed by atoms with Crippen LogP contribution in [-0.4, -0.2) is 54.2 Å². The summed E-state index contributed by atoms with van der Waals surface area (Å²) in [5.74, 6) is 1.94. The number of aryl methyl sites for hydroxylation is 1. The van der Waals surface area contributed by atoms with Crippen LogP contribution in [-0.2, 0) is 23.4 Å². The van der Waals surface area contributed by atoms with Gasteiger partial charge in [-0.3, -0.25) is 9.48 Å². The Labute approximate surface area is 194 Å². The van der Waals surface area contributed by atoms with Crippen LogP contribution in [0.3, 0.4) is 0 Å². The predicted octanol–water partition coefficient (Wildman–Crippen LogP) is 2.13. The molecule has 4 aliphatic rings. The highest BCUT2D eigenvalue weighted by atomic mass is 32.2. The van der Waals surface area contributed by atoms with Crippen LogP contribution < -0.4 is 10.2 Å². The van der Waals surface area contributed by atoms with Crippen LogP contribution in [0.1, 0.15) is 48.2 Å². The van der Waals surface area contributed by atoms with E-state index in [0.717, 1.165) is 43.5 Å². The largest absolute Gasteiger partial charge is 0.390 e. The maximum Gasteiger partial charge on any atom is 0.272 e. The maximum atomic E-state index is 13.1. The summed E-state index contributed by atoms with van der Waals surface area (Å²) in [4.78, 5) is 15.4. The van der Waals surface area contributed by atoms with E-state index in [-0.39, 0.29) is 11.9 Å². The van der Waals surface area contributed by atoms with Crippen molar-refractivity contribution in [1.29, 1.82) is 0 Å². The predicted molar refractivity (Wildman–Crippen MR) is 125 cm³/mol. The monoisotopic (exact) mass is 472 g/mol. The Morgan fingerprint density at radius 2 is 1.85 bits per heavy atom. The lowest BCUT2D eigenvalue weighted by atomic mass is 9.52. The van der Waals surface area contributed by atoms with Gasteiger partial charge in [0, 0.05) is 39.0 Å². The molecule has 33 heavy (non-hydrogen) atoms. The molecule has 1 aromatic heterocycles. The number of rotatable bonds is 6. The van der Waals surface area contributed by atoms with Crippen molar-refractivity contribution in [2.24, 2.45) is 24.8 Å². The Balaban J connectivity index is 1.26. The zero-order valence-electron chi connectivity index (χ0n) is 19.4. The fourth-order valence-corrected chi connectivity index (χ4v) is 7.20. The van der Waals surface area contributed by atoms with Crippen LogP contribution in [0, 0.1) is 17.8 Å². The molecule has 4 fully saturated rings. The number of nitrogens with zero attached hydrogens (tertiary/aromatic N) is 3. The zero-order chi connectivity index (χ0) is 23.5. The number of hydrogen-bond acceptors (Lipinski definition) is 6. The van der Waals surface area contributed by atoms with Crippen molar-refractivity contribution in [3.63, 3.8) is 0 Å². The number of aromatic nitrogens is 2. The molecule has 4 bridgehead atoms. The Hall–Kier alpha value is -2.39. The summed E-state index contributed by atoms with van der Waals surface area (Å²) in [6.07, 6.45) is 5.89. The van der Waals surface area contributed by atoms with Crippen molar-refractivity contribution < 1.29 is 18.3 Å². The van der Waals surface area contributed by atoms with Gasteiger partial charge in [0.1, 0.15) is 5.82 Å². The minimum Gasteiger partial charge on any atom is -0.390 e. The summed E-state index contributed by atoms with van der Waals surface area (Å²) in [5.41, 5.74) is 0.834. The van der Waals surface area contributed by atoms with Gasteiger partial charge in [0.15, 0.2) is 15.5 Å². The highest BCUT2D eigenvalue weighted by molar-refractivity contribution is 7.90. The molecule has 178 valence electrons. The first kappa shape index (κ1) is 22.4. The van der Waals surface area contributed by atoms with Gasteiger partial charge in [0.2, 0.25) is 0 Å². The molecule has 2 aromatic rings. The topological polar surface area (TPSA) is 105 Å². The van der Waals surface area contributed by atoms with Crippen LogP contribution in [0.4, 0.5) is 5.82 Å². The molecule has 1 heterocycles. The lowest BCUT2D eigenvalue weighted by Gasteiger charge is -2.58. The molecule has 0 saturated heterocycles. The summed E-state index contributed by atoms with van der Waals surface area (Å²) >= 11 is 0. The Kier molecular flexibility index (Phi) is 5.32. The lowest BCUT2D eigenvalue weighted by Crippen LogP contribution is -2.61. The van der Waals surface area contributed by atoms with Crippen molar-refractivity contribution in [3.05, 3.63) is 41.6 Å². The SMILES string of the molecule is CN(Cc1ccc(S(C)(=O)=O)cc1)c1cc(C(=O)NC2C3CC4CC2CC(O)(C4)C3)nn1C. The van der Waals surface area contributed by atoms with Gasteiger partial charge in [-0.1, -0.05) is 12.1 Å². The van der Waals surface area contributed by atoms with E-state index in [1.54, 1.807) is 35.0 Å². The number of nitrogens with one attached hydrogen (secondary N) is 1. The van der Waals surface area contributed by atoms with E-state index in [4.69, 9.17) is 0 Å². The van der Waals surface area contributed by atoms with E-state index in [1.165, 1.54) is 6.26 Å². The van der Waals surface area contributed by atoms with Crippen molar-refractivity contribution in [1.82, 2.24) is 15.1 Å². The van der Waals surface area contributed by atoms with Gasteiger partial charge in [-0.15, -0.1) is 0 Å². The van der Waals surface area contributed by atoms with Crippen molar-refractivity contribution >= 4 is 21.6 Å². The zero-order valence-corrected chi connectivity index (χ0v) is 20.2. The highest BCUT2D eigenvalue weighted by Gasteiger charge is 2.55. The first-order chi connectivity index (χ1) is 15.5. The van der Waals surface area contributed by atoms with Crippen LogP contribution in [0.2, 0.25) is 0 Å². The van der Waals surface area contributed by atoms with Crippen LogP contribution in [0.5, 0.6) is 0 Å². The third-order valence-corrected chi connectivity index (χ3v) is 8.92. The molecule has 2 atom stereocenters. The van der Waals surface area contributed by atoms with Crippen molar-refractivity contribution in [3.8, 4) is 0 Å². The summed E-state index contributed by atoms with van der Waals surface area (Å²) in [5, 5.41) is 18.5. The second kappa shape index (κ2) is 7.84. The molecule has 0 spiro atoms. The van der Waals surface area contributed by atoms with E-state index < -0.39 is 15.4 Å². The number of aliphatic hydroxyl groups is 1. The first-order valence-corrected chi connectivity index (χ1v) is 13.5. The summed E-state index contributed by atoms with van der Waals surface area (Å²) in [6, 6.07) is 8.74. The van der Waals surface area contributed by atoms with Gasteiger partial charge >= 0.3 is 0 Å². The van der Waals surface area contributed by atoms with Gasteiger partial charge in [0.25, 0.3) is 5.91 Å². The molecule has 8 nitrogen and oxygen atoms in total. The van der Waals surface area contributed by atoms with Crippen LogP contribution in [0.25, 0.3) is 0 Å². The van der Waals surface area contributed by atoms with Crippen molar-refractivity contribution in [2.75, 3.05) is 18.2 Å². The lowest BCUT2D eigenvalue weighted by molar-refractivity contribution is -0.136. The molecule has 9 heteroatoms. The maximum absolute atomic E-state index is 13.1. The average Bonchev–Trinajstić information content (AvgIpc) is 3.11. The summed E-state index contributed by atoms with van der Waals surface area (Å²) in [7, 11) is 0.510. The van der Waals surface area contributed by atoms with E-state index in [9.17, 15) is 18.3 Å². The standard InChI is InChI=1S/C24H32N4O4S/c1-27(14-15-4-6-19(7-5-15)33(3,31)32)21-10-20(26-28(21)2)23(29)25-22-17-8-16-9-18(22)13-24(30,11-16)12-17/h4-7,10,16-18,22,30H,8-9,11-14H2,1-3H3,(H,25,29). The molecule has 2 N–H and O–H groups in total. The third-order valence-electron chi connectivity index (χ3n) is 7.79. The summed E-state index contributed by atoms with van der Waals surface area (Å²) < 4.78 is 25.0. The molecular weight excluding hydrogens is 440 g/mol. The Morgan fingerprint density at radius 1 is 1.21 bits per heavy atom. The number of amides is 1. The van der Waals surface area contributed by atoms with E-state index in [1.807, 2.05) is 19.0 Å². The van der Waals surface area contributed by atoms with Gasteiger partial charge in [-0.05, 0) is 67.6 Å². The molecule has 0 aliphatic heterocycles. The number of carbonyl (C=O) groups excluding carboxylic acids is 1. The normalized spacial score (nSPS) is 30.4. The fraction of sp³-hybridized carbons (Fsp3) is 0.583. The number of anilines is 1.